The minimum Gasteiger partial charge on any atom is -0.493 e. The van der Waals surface area contributed by atoms with Crippen LogP contribution in [0.15, 0.2) is 48.0 Å². The highest BCUT2D eigenvalue weighted by molar-refractivity contribution is 6.10. The summed E-state index contributed by atoms with van der Waals surface area (Å²) in [6, 6.07) is 14.3. The summed E-state index contributed by atoms with van der Waals surface area (Å²) < 4.78 is 5.31. The zero-order valence-corrected chi connectivity index (χ0v) is 15.2. The van der Waals surface area contributed by atoms with Crippen molar-refractivity contribution < 1.29 is 19.4 Å². The summed E-state index contributed by atoms with van der Waals surface area (Å²) in [5, 5.41) is 20.7. The number of hydrogen-bond acceptors (Lipinski definition) is 4. The molecular weight excluding hydrogens is 344 g/mol. The third kappa shape index (κ3) is 5.72. The Labute approximate surface area is 157 Å². The third-order valence-electron chi connectivity index (χ3n) is 3.86. The Hall–Kier alpha value is -3.59. The molecule has 2 aromatic rings. The predicted molar refractivity (Wildman–Crippen MR) is 102 cm³/mol. The Bertz CT molecular complexity index is 889. The minimum atomic E-state index is -0.928. The van der Waals surface area contributed by atoms with Crippen molar-refractivity contribution in [2.75, 3.05) is 11.9 Å². The monoisotopic (exact) mass is 364 g/mol. The van der Waals surface area contributed by atoms with Crippen LogP contribution in [0.3, 0.4) is 0 Å². The van der Waals surface area contributed by atoms with Crippen LogP contribution in [0.2, 0.25) is 0 Å². The maximum absolute atomic E-state index is 12.4. The largest absolute Gasteiger partial charge is 0.493 e. The zero-order valence-electron chi connectivity index (χ0n) is 15.2. The molecule has 0 bridgehead atoms. The van der Waals surface area contributed by atoms with E-state index in [-0.39, 0.29) is 18.6 Å². The van der Waals surface area contributed by atoms with Crippen LogP contribution in [0.4, 0.5) is 5.69 Å². The maximum atomic E-state index is 12.4. The summed E-state index contributed by atoms with van der Waals surface area (Å²) >= 11 is 0. The van der Waals surface area contributed by atoms with E-state index in [9.17, 15) is 14.9 Å². The minimum absolute atomic E-state index is 0.0165. The second kappa shape index (κ2) is 9.20. The van der Waals surface area contributed by atoms with Gasteiger partial charge in [0.1, 0.15) is 17.4 Å². The zero-order chi connectivity index (χ0) is 19.8. The highest BCUT2D eigenvalue weighted by atomic mass is 16.5. The molecule has 6 heteroatoms. The van der Waals surface area contributed by atoms with E-state index in [0.29, 0.717) is 17.0 Å². The number of carbonyl (C=O) groups excluding carboxylic acids is 1. The summed E-state index contributed by atoms with van der Waals surface area (Å²) in [5.74, 6) is -0.883. The molecule has 0 atom stereocenters. The lowest BCUT2D eigenvalue weighted by molar-refractivity contribution is -0.137. The van der Waals surface area contributed by atoms with E-state index in [0.717, 1.165) is 11.1 Å². The van der Waals surface area contributed by atoms with Crippen molar-refractivity contribution in [1.29, 1.82) is 5.26 Å². The van der Waals surface area contributed by atoms with Crippen LogP contribution < -0.4 is 10.1 Å². The number of para-hydroxylation sites is 1. The van der Waals surface area contributed by atoms with Crippen molar-refractivity contribution >= 4 is 23.6 Å². The first-order valence-electron chi connectivity index (χ1n) is 8.34. The molecule has 0 fully saturated rings. The van der Waals surface area contributed by atoms with Crippen LogP contribution in [0, 0.1) is 25.2 Å². The van der Waals surface area contributed by atoms with Crippen LogP contribution in [0.5, 0.6) is 5.75 Å². The fourth-order valence-electron chi connectivity index (χ4n) is 2.42. The van der Waals surface area contributed by atoms with Gasteiger partial charge in [-0.2, -0.15) is 5.26 Å². The molecule has 0 radical (unpaired) electrons. The van der Waals surface area contributed by atoms with Gasteiger partial charge in [-0.1, -0.05) is 30.3 Å². The molecule has 27 heavy (non-hydrogen) atoms. The van der Waals surface area contributed by atoms with E-state index in [4.69, 9.17) is 9.84 Å². The van der Waals surface area contributed by atoms with Gasteiger partial charge in [0, 0.05) is 5.69 Å². The molecule has 0 spiro atoms. The van der Waals surface area contributed by atoms with Gasteiger partial charge >= 0.3 is 5.97 Å². The SMILES string of the molecule is Cc1cccc(C)c1NC(=O)/C(C#N)=C/c1ccc(OCCC(=O)O)cc1. The molecule has 2 aromatic carbocycles. The summed E-state index contributed by atoms with van der Waals surface area (Å²) in [5.41, 5.74) is 3.18. The second-order valence-corrected chi connectivity index (χ2v) is 5.95. The van der Waals surface area contributed by atoms with Gasteiger partial charge < -0.3 is 15.2 Å². The standard InChI is InChI=1S/C21H20N2O4/c1-14-4-3-5-15(2)20(14)23-21(26)17(13-22)12-16-6-8-18(9-7-16)27-11-10-19(24)25/h3-9,12H,10-11H2,1-2H3,(H,23,26)(H,24,25)/b17-12+. The summed E-state index contributed by atoms with van der Waals surface area (Å²) in [6.45, 7) is 3.86. The number of nitriles is 1. The number of amides is 1. The first-order chi connectivity index (χ1) is 12.9. The fourth-order valence-corrected chi connectivity index (χ4v) is 2.42. The number of carbonyl (C=O) groups is 2. The first-order valence-corrected chi connectivity index (χ1v) is 8.34. The van der Waals surface area contributed by atoms with Gasteiger partial charge in [0.05, 0.1) is 13.0 Å². The number of benzene rings is 2. The van der Waals surface area contributed by atoms with E-state index in [1.165, 1.54) is 6.08 Å². The Morgan fingerprint density at radius 3 is 2.33 bits per heavy atom. The van der Waals surface area contributed by atoms with Crippen molar-refractivity contribution in [3.05, 3.63) is 64.7 Å². The van der Waals surface area contributed by atoms with Crippen molar-refractivity contribution in [3.8, 4) is 11.8 Å². The van der Waals surface area contributed by atoms with E-state index >= 15 is 0 Å². The Morgan fingerprint density at radius 1 is 1.15 bits per heavy atom. The molecule has 0 heterocycles. The summed E-state index contributed by atoms with van der Waals surface area (Å²) in [4.78, 5) is 22.9. The number of rotatable bonds is 7. The normalized spacial score (nSPS) is 10.8. The molecule has 1 amide bonds. The number of aryl methyl sites for hydroxylation is 2. The Kier molecular flexibility index (Phi) is 6.73. The quantitative estimate of drug-likeness (QED) is 0.576. The number of carboxylic acid groups (broad SMARTS) is 1. The molecular formula is C21H20N2O4. The topological polar surface area (TPSA) is 99.4 Å². The first kappa shape index (κ1) is 19.7. The fraction of sp³-hybridized carbons (Fsp3) is 0.190. The molecule has 0 saturated carbocycles. The van der Waals surface area contributed by atoms with Crippen LogP contribution in [-0.2, 0) is 9.59 Å². The summed E-state index contributed by atoms with van der Waals surface area (Å²) in [6.07, 6.45) is 1.41. The van der Waals surface area contributed by atoms with E-state index in [1.807, 2.05) is 38.1 Å². The maximum Gasteiger partial charge on any atom is 0.306 e. The highest BCUT2D eigenvalue weighted by Crippen LogP contribution is 2.21. The number of carboxylic acids is 1. The second-order valence-electron chi connectivity index (χ2n) is 5.95. The van der Waals surface area contributed by atoms with Gasteiger partial charge in [-0.25, -0.2) is 0 Å². The predicted octanol–water partition coefficient (Wildman–Crippen LogP) is 3.70. The van der Waals surface area contributed by atoms with Gasteiger partial charge in [0.2, 0.25) is 0 Å². The molecule has 0 aliphatic heterocycles. The number of anilines is 1. The van der Waals surface area contributed by atoms with Crippen LogP contribution in [0.1, 0.15) is 23.1 Å². The average Bonchev–Trinajstić information content (AvgIpc) is 2.63. The Balaban J connectivity index is 2.10. The van der Waals surface area contributed by atoms with Crippen LogP contribution >= 0.6 is 0 Å². The van der Waals surface area contributed by atoms with E-state index in [1.54, 1.807) is 24.3 Å². The Morgan fingerprint density at radius 2 is 1.78 bits per heavy atom. The van der Waals surface area contributed by atoms with Gasteiger partial charge in [-0.05, 0) is 48.7 Å². The van der Waals surface area contributed by atoms with Crippen LogP contribution in [0.25, 0.3) is 6.08 Å². The smallest absolute Gasteiger partial charge is 0.306 e. The number of nitrogens with one attached hydrogen (secondary N) is 1. The highest BCUT2D eigenvalue weighted by Gasteiger charge is 2.12. The van der Waals surface area contributed by atoms with Gasteiger partial charge in [0.25, 0.3) is 5.91 Å². The van der Waals surface area contributed by atoms with E-state index < -0.39 is 11.9 Å². The molecule has 2 rings (SSSR count). The number of aliphatic carboxylic acids is 1. The molecule has 2 N–H and O–H groups in total. The van der Waals surface area contributed by atoms with Gasteiger partial charge in [0.15, 0.2) is 0 Å². The lowest BCUT2D eigenvalue weighted by atomic mass is 10.1. The van der Waals surface area contributed by atoms with Gasteiger partial charge in [-0.3, -0.25) is 9.59 Å². The lowest BCUT2D eigenvalue weighted by Crippen LogP contribution is -2.15. The lowest BCUT2D eigenvalue weighted by Gasteiger charge is -2.11. The van der Waals surface area contributed by atoms with Crippen molar-refractivity contribution in [1.82, 2.24) is 0 Å². The molecule has 0 aliphatic carbocycles. The third-order valence-corrected chi connectivity index (χ3v) is 3.86. The molecule has 0 unspecified atom stereocenters. The van der Waals surface area contributed by atoms with E-state index in [2.05, 4.69) is 5.32 Å². The molecule has 0 aliphatic rings. The number of nitrogens with zero attached hydrogens (tertiary/aromatic N) is 1. The van der Waals surface area contributed by atoms with Crippen molar-refractivity contribution in [3.63, 3.8) is 0 Å². The molecule has 6 nitrogen and oxygen atoms in total. The van der Waals surface area contributed by atoms with Crippen molar-refractivity contribution in [2.24, 2.45) is 0 Å². The van der Waals surface area contributed by atoms with Gasteiger partial charge in [-0.15, -0.1) is 0 Å². The number of ether oxygens (including phenoxy) is 1. The molecule has 138 valence electrons. The molecule has 0 saturated heterocycles. The molecule has 0 aromatic heterocycles. The van der Waals surface area contributed by atoms with Crippen molar-refractivity contribution in [2.45, 2.75) is 20.3 Å². The average molecular weight is 364 g/mol. The summed E-state index contributed by atoms with van der Waals surface area (Å²) in [7, 11) is 0. The number of hydrogen-bond donors (Lipinski definition) is 2. The van der Waals surface area contributed by atoms with Crippen LogP contribution in [-0.4, -0.2) is 23.6 Å².